The van der Waals surface area contributed by atoms with Crippen molar-refractivity contribution in [2.45, 2.75) is 46.3 Å². The minimum atomic E-state index is -0.551. The molecule has 25 heavy (non-hydrogen) atoms. The quantitative estimate of drug-likeness (QED) is 0.773. The zero-order valence-corrected chi connectivity index (χ0v) is 15.3. The number of hydrogen-bond acceptors (Lipinski definition) is 5. The molecule has 0 spiro atoms. The molecular formula is C18H26N4O3. The van der Waals surface area contributed by atoms with Crippen molar-refractivity contribution in [3.8, 4) is 0 Å². The zero-order valence-electron chi connectivity index (χ0n) is 15.3. The second-order valence-electron chi connectivity index (χ2n) is 7.31. The summed E-state index contributed by atoms with van der Waals surface area (Å²) in [4.78, 5) is 31.2. The van der Waals surface area contributed by atoms with Gasteiger partial charge in [0.25, 0.3) is 5.56 Å². The third-order valence-corrected chi connectivity index (χ3v) is 3.61. The lowest BCUT2D eigenvalue weighted by atomic mass is 10.0. The molecule has 0 saturated carbocycles. The molecule has 0 aliphatic heterocycles. The average Bonchev–Trinajstić information content (AvgIpc) is 2.49. The molecule has 1 atom stereocenters. The molecule has 0 saturated heterocycles. The average molecular weight is 346 g/mol. The van der Waals surface area contributed by atoms with Gasteiger partial charge in [-0.05, 0) is 38.8 Å². The smallest absolute Gasteiger partial charge is 0.407 e. The van der Waals surface area contributed by atoms with Crippen molar-refractivity contribution in [3.05, 3.63) is 34.6 Å². The van der Waals surface area contributed by atoms with Crippen molar-refractivity contribution < 1.29 is 9.53 Å². The lowest BCUT2D eigenvalue weighted by Crippen LogP contribution is -2.45. The number of alkyl carbamates (subject to hydrolysis) is 1. The summed E-state index contributed by atoms with van der Waals surface area (Å²) in [5.41, 5.74) is -0.131. The number of nitrogens with one attached hydrogen (secondary N) is 3. The minimum absolute atomic E-state index is 0.173. The first-order valence-electron chi connectivity index (χ1n) is 8.38. The molecule has 3 N–H and O–H groups in total. The Morgan fingerprint density at radius 1 is 1.28 bits per heavy atom. The highest BCUT2D eigenvalue weighted by Gasteiger charge is 2.21. The van der Waals surface area contributed by atoms with Crippen LogP contribution in [-0.4, -0.2) is 34.2 Å². The standard InChI is InChI=1S/C18H26N4O3/c1-11(2)14(21-17(24)25-18(3,4)5)10-19-16-20-13-9-7-6-8-12(13)15(23)22-16/h6-9,11,14H,10H2,1-5H3,(H,21,24)(H2,19,20,22,23). The number of benzene rings is 1. The Kier molecular flexibility index (Phi) is 5.66. The van der Waals surface area contributed by atoms with E-state index in [0.29, 0.717) is 23.4 Å². The highest BCUT2D eigenvalue weighted by atomic mass is 16.6. The van der Waals surface area contributed by atoms with Crippen molar-refractivity contribution in [3.63, 3.8) is 0 Å². The Hall–Kier alpha value is -2.57. The Bertz CT molecular complexity index is 793. The number of rotatable bonds is 5. The number of ether oxygens (including phenoxy) is 1. The van der Waals surface area contributed by atoms with Crippen LogP contribution in [0.4, 0.5) is 10.7 Å². The van der Waals surface area contributed by atoms with E-state index in [-0.39, 0.29) is 17.5 Å². The second-order valence-corrected chi connectivity index (χ2v) is 7.31. The minimum Gasteiger partial charge on any atom is -0.444 e. The SMILES string of the molecule is CC(C)C(CNc1nc2ccccc2c(=O)[nH]1)NC(=O)OC(C)(C)C. The summed E-state index contributed by atoms with van der Waals surface area (Å²) in [6.45, 7) is 9.87. The van der Waals surface area contributed by atoms with Crippen molar-refractivity contribution in [2.75, 3.05) is 11.9 Å². The summed E-state index contributed by atoms with van der Waals surface area (Å²) >= 11 is 0. The van der Waals surface area contributed by atoms with Crippen LogP contribution in [0.5, 0.6) is 0 Å². The van der Waals surface area contributed by atoms with Gasteiger partial charge >= 0.3 is 6.09 Å². The van der Waals surface area contributed by atoms with Gasteiger partial charge in [0.05, 0.1) is 16.9 Å². The number of hydrogen-bond donors (Lipinski definition) is 3. The predicted octanol–water partition coefficient (Wildman–Crippen LogP) is 2.88. The molecule has 1 aromatic carbocycles. The van der Waals surface area contributed by atoms with E-state index in [1.807, 2.05) is 40.7 Å². The second kappa shape index (κ2) is 7.55. The highest BCUT2D eigenvalue weighted by molar-refractivity contribution is 5.78. The molecule has 2 aromatic rings. The molecule has 7 heteroatoms. The summed E-state index contributed by atoms with van der Waals surface area (Å²) in [5.74, 6) is 0.549. The Balaban J connectivity index is 2.06. The lowest BCUT2D eigenvalue weighted by Gasteiger charge is -2.26. The van der Waals surface area contributed by atoms with Gasteiger partial charge in [0, 0.05) is 6.54 Å². The van der Waals surface area contributed by atoms with E-state index in [1.54, 1.807) is 18.2 Å². The van der Waals surface area contributed by atoms with E-state index in [0.717, 1.165) is 0 Å². The van der Waals surface area contributed by atoms with Crippen LogP contribution in [0, 0.1) is 5.92 Å². The maximum Gasteiger partial charge on any atom is 0.407 e. The maximum absolute atomic E-state index is 12.1. The van der Waals surface area contributed by atoms with Crippen LogP contribution in [0.15, 0.2) is 29.1 Å². The van der Waals surface area contributed by atoms with E-state index in [9.17, 15) is 9.59 Å². The molecule has 0 bridgehead atoms. The molecule has 7 nitrogen and oxygen atoms in total. The lowest BCUT2D eigenvalue weighted by molar-refractivity contribution is 0.0494. The molecule has 1 heterocycles. The summed E-state index contributed by atoms with van der Waals surface area (Å²) in [6, 6.07) is 6.97. The van der Waals surface area contributed by atoms with E-state index in [4.69, 9.17) is 4.74 Å². The number of para-hydroxylation sites is 1. The van der Waals surface area contributed by atoms with Gasteiger partial charge in [0.15, 0.2) is 0 Å². The zero-order chi connectivity index (χ0) is 18.6. The summed E-state index contributed by atoms with van der Waals surface area (Å²) in [5, 5.41) is 6.48. The van der Waals surface area contributed by atoms with Gasteiger partial charge in [-0.25, -0.2) is 9.78 Å². The van der Waals surface area contributed by atoms with Crippen LogP contribution in [0.2, 0.25) is 0 Å². The fourth-order valence-corrected chi connectivity index (χ4v) is 2.29. The first-order chi connectivity index (χ1) is 11.7. The van der Waals surface area contributed by atoms with Gasteiger partial charge < -0.3 is 15.4 Å². The summed E-state index contributed by atoms with van der Waals surface area (Å²) in [6.07, 6.45) is -0.465. The van der Waals surface area contributed by atoms with E-state index in [1.165, 1.54) is 0 Å². The molecule has 0 aliphatic carbocycles. The molecule has 0 aliphatic rings. The van der Waals surface area contributed by atoms with Gasteiger partial charge in [-0.3, -0.25) is 9.78 Å². The summed E-state index contributed by atoms with van der Waals surface area (Å²) in [7, 11) is 0. The van der Waals surface area contributed by atoms with E-state index < -0.39 is 11.7 Å². The molecule has 1 aromatic heterocycles. The molecule has 1 amide bonds. The first kappa shape index (κ1) is 18.8. The van der Waals surface area contributed by atoms with Crippen LogP contribution < -0.4 is 16.2 Å². The first-order valence-corrected chi connectivity index (χ1v) is 8.38. The number of fused-ring (bicyclic) bond motifs is 1. The highest BCUT2D eigenvalue weighted by Crippen LogP contribution is 2.11. The van der Waals surface area contributed by atoms with Gasteiger partial charge in [0.1, 0.15) is 5.60 Å². The third kappa shape index (κ3) is 5.48. The van der Waals surface area contributed by atoms with Crippen LogP contribution >= 0.6 is 0 Å². The topological polar surface area (TPSA) is 96.1 Å². The van der Waals surface area contributed by atoms with Gasteiger partial charge in [0.2, 0.25) is 5.95 Å². The number of anilines is 1. The maximum atomic E-state index is 12.1. The number of carbonyl (C=O) groups is 1. The van der Waals surface area contributed by atoms with E-state index >= 15 is 0 Å². The number of aromatic amines is 1. The van der Waals surface area contributed by atoms with Gasteiger partial charge in [-0.2, -0.15) is 0 Å². The summed E-state index contributed by atoms with van der Waals surface area (Å²) < 4.78 is 5.30. The van der Waals surface area contributed by atoms with Crippen LogP contribution in [0.25, 0.3) is 10.9 Å². The van der Waals surface area contributed by atoms with Gasteiger partial charge in [-0.1, -0.05) is 26.0 Å². The molecular weight excluding hydrogens is 320 g/mol. The Morgan fingerprint density at radius 2 is 1.96 bits per heavy atom. The van der Waals surface area contributed by atoms with Crippen LogP contribution in [-0.2, 0) is 4.74 Å². The fraction of sp³-hybridized carbons (Fsp3) is 0.500. The molecule has 0 radical (unpaired) electrons. The Morgan fingerprint density at radius 3 is 2.60 bits per heavy atom. The van der Waals surface area contributed by atoms with Crippen molar-refractivity contribution in [2.24, 2.45) is 5.92 Å². The predicted molar refractivity (Wildman–Crippen MR) is 98.8 cm³/mol. The number of amides is 1. The largest absolute Gasteiger partial charge is 0.444 e. The number of carbonyl (C=O) groups excluding carboxylic acids is 1. The third-order valence-electron chi connectivity index (χ3n) is 3.61. The number of H-pyrrole nitrogens is 1. The molecule has 1 unspecified atom stereocenters. The fourth-order valence-electron chi connectivity index (χ4n) is 2.29. The molecule has 2 rings (SSSR count). The van der Waals surface area contributed by atoms with Crippen LogP contribution in [0.3, 0.4) is 0 Å². The van der Waals surface area contributed by atoms with Crippen LogP contribution in [0.1, 0.15) is 34.6 Å². The van der Waals surface area contributed by atoms with E-state index in [2.05, 4.69) is 20.6 Å². The Labute approximate surface area is 147 Å². The normalized spacial score (nSPS) is 12.9. The van der Waals surface area contributed by atoms with Crippen molar-refractivity contribution >= 4 is 22.9 Å². The van der Waals surface area contributed by atoms with Crippen molar-refractivity contribution in [1.82, 2.24) is 15.3 Å². The van der Waals surface area contributed by atoms with Gasteiger partial charge in [-0.15, -0.1) is 0 Å². The molecule has 136 valence electrons. The van der Waals surface area contributed by atoms with Crippen molar-refractivity contribution in [1.29, 1.82) is 0 Å². The molecule has 0 fully saturated rings. The number of nitrogens with zero attached hydrogens (tertiary/aromatic N) is 1. The number of aromatic nitrogens is 2. The monoisotopic (exact) mass is 346 g/mol.